The summed E-state index contributed by atoms with van der Waals surface area (Å²) >= 11 is 0. The standard InChI is InChI=1S/C20H24N2O5/c21-18(25)11-16(13-5-4-6-14(23)9-13)20-19(26)17(24)10-15(27-20)12-22-7-2-1-3-8-22/h4-6,9-10,16,23,26H,1-3,7-8,11-12H2,(H2,21,25)/t16-/m1/s1. The Morgan fingerprint density at radius 2 is 1.93 bits per heavy atom. The molecule has 1 amide bonds. The lowest BCUT2D eigenvalue weighted by Crippen LogP contribution is -2.29. The Hall–Kier alpha value is -2.80. The van der Waals surface area contributed by atoms with E-state index in [0.717, 1.165) is 25.9 Å². The second-order valence-electron chi connectivity index (χ2n) is 6.94. The number of aromatic hydroxyl groups is 2. The number of hydrogen-bond acceptors (Lipinski definition) is 6. The minimum absolute atomic E-state index is 0.00101. The van der Waals surface area contributed by atoms with E-state index in [1.807, 2.05) is 0 Å². The number of piperidine rings is 1. The maximum atomic E-state index is 12.3. The van der Waals surface area contributed by atoms with E-state index in [2.05, 4.69) is 4.90 Å². The molecule has 7 heteroatoms. The van der Waals surface area contributed by atoms with Crippen LogP contribution in [0.25, 0.3) is 0 Å². The molecule has 2 heterocycles. The topological polar surface area (TPSA) is 117 Å². The molecule has 27 heavy (non-hydrogen) atoms. The molecule has 1 aliphatic rings. The van der Waals surface area contributed by atoms with Crippen LogP contribution < -0.4 is 11.2 Å². The van der Waals surface area contributed by atoms with Gasteiger partial charge in [-0.15, -0.1) is 0 Å². The smallest absolute Gasteiger partial charge is 0.227 e. The van der Waals surface area contributed by atoms with Gasteiger partial charge in [0.15, 0.2) is 5.76 Å². The molecule has 0 radical (unpaired) electrons. The van der Waals surface area contributed by atoms with Crippen LogP contribution in [0.15, 0.2) is 39.5 Å². The molecule has 0 saturated carbocycles. The van der Waals surface area contributed by atoms with Crippen molar-refractivity contribution in [2.24, 2.45) is 5.73 Å². The number of hydrogen-bond donors (Lipinski definition) is 3. The zero-order valence-electron chi connectivity index (χ0n) is 15.1. The lowest BCUT2D eigenvalue weighted by atomic mass is 9.91. The van der Waals surface area contributed by atoms with Gasteiger partial charge in [0.1, 0.15) is 11.5 Å². The number of nitrogens with two attached hydrogens (primary N) is 1. The second-order valence-corrected chi connectivity index (χ2v) is 6.94. The number of carbonyl (C=O) groups is 1. The van der Waals surface area contributed by atoms with E-state index in [0.29, 0.717) is 17.9 Å². The van der Waals surface area contributed by atoms with Crippen LogP contribution in [0.1, 0.15) is 48.7 Å². The fourth-order valence-electron chi connectivity index (χ4n) is 3.51. The van der Waals surface area contributed by atoms with Gasteiger partial charge in [-0.05, 0) is 43.6 Å². The van der Waals surface area contributed by atoms with E-state index in [1.165, 1.54) is 24.6 Å². The lowest BCUT2D eigenvalue weighted by molar-refractivity contribution is -0.118. The van der Waals surface area contributed by atoms with Crippen molar-refractivity contribution < 1.29 is 19.4 Å². The van der Waals surface area contributed by atoms with Crippen molar-refractivity contribution in [3.05, 3.63) is 57.6 Å². The third-order valence-corrected chi connectivity index (χ3v) is 4.82. The molecule has 1 saturated heterocycles. The van der Waals surface area contributed by atoms with Crippen LogP contribution in [-0.4, -0.2) is 34.1 Å². The SMILES string of the molecule is NC(=O)C[C@H](c1cccc(O)c1)c1oc(CN2CCCCC2)cc(=O)c1O. The van der Waals surface area contributed by atoms with E-state index >= 15 is 0 Å². The summed E-state index contributed by atoms with van der Waals surface area (Å²) in [5.41, 5.74) is 5.34. The molecule has 1 aromatic heterocycles. The van der Waals surface area contributed by atoms with Crippen molar-refractivity contribution in [2.75, 3.05) is 13.1 Å². The summed E-state index contributed by atoms with van der Waals surface area (Å²) in [4.78, 5) is 26.1. The maximum absolute atomic E-state index is 12.3. The van der Waals surface area contributed by atoms with Crippen LogP contribution in [0.2, 0.25) is 0 Å². The van der Waals surface area contributed by atoms with Gasteiger partial charge >= 0.3 is 0 Å². The Kier molecular flexibility index (Phi) is 5.81. The Morgan fingerprint density at radius 3 is 2.59 bits per heavy atom. The van der Waals surface area contributed by atoms with E-state index < -0.39 is 23.0 Å². The highest BCUT2D eigenvalue weighted by Crippen LogP contribution is 2.34. The van der Waals surface area contributed by atoms with Crippen LogP contribution in [0.4, 0.5) is 0 Å². The minimum Gasteiger partial charge on any atom is -0.508 e. The number of phenolic OH excluding ortho intramolecular Hbond substituents is 1. The molecule has 1 fully saturated rings. The predicted molar refractivity (Wildman–Crippen MR) is 99.5 cm³/mol. The van der Waals surface area contributed by atoms with Gasteiger partial charge in [-0.1, -0.05) is 18.6 Å². The first kappa shape index (κ1) is 19.0. The first-order chi connectivity index (χ1) is 12.9. The van der Waals surface area contributed by atoms with Crippen molar-refractivity contribution in [1.29, 1.82) is 0 Å². The fraction of sp³-hybridized carbons (Fsp3) is 0.400. The summed E-state index contributed by atoms with van der Waals surface area (Å²) < 4.78 is 5.87. The number of carbonyl (C=O) groups excluding carboxylic acids is 1. The van der Waals surface area contributed by atoms with Crippen molar-refractivity contribution >= 4 is 5.91 Å². The Balaban J connectivity index is 1.99. The van der Waals surface area contributed by atoms with Gasteiger partial charge in [0.05, 0.1) is 12.5 Å². The average molecular weight is 372 g/mol. The molecule has 7 nitrogen and oxygen atoms in total. The third kappa shape index (κ3) is 4.68. The Morgan fingerprint density at radius 1 is 1.19 bits per heavy atom. The Labute approximate surface area is 157 Å². The van der Waals surface area contributed by atoms with Gasteiger partial charge in [0.25, 0.3) is 0 Å². The normalized spacial score (nSPS) is 16.1. The van der Waals surface area contributed by atoms with Crippen LogP contribution in [0.3, 0.4) is 0 Å². The van der Waals surface area contributed by atoms with Crippen LogP contribution in [-0.2, 0) is 11.3 Å². The van der Waals surface area contributed by atoms with E-state index in [-0.39, 0.29) is 17.9 Å². The summed E-state index contributed by atoms with van der Waals surface area (Å²) in [6, 6.07) is 7.55. The molecule has 0 bridgehead atoms. The maximum Gasteiger partial charge on any atom is 0.227 e. The van der Waals surface area contributed by atoms with Gasteiger partial charge in [-0.3, -0.25) is 14.5 Å². The summed E-state index contributed by atoms with van der Waals surface area (Å²) in [5.74, 6) is -1.46. The lowest BCUT2D eigenvalue weighted by Gasteiger charge is -2.26. The highest BCUT2D eigenvalue weighted by atomic mass is 16.4. The molecular weight excluding hydrogens is 348 g/mol. The highest BCUT2D eigenvalue weighted by Gasteiger charge is 2.26. The van der Waals surface area contributed by atoms with Crippen LogP contribution in [0, 0.1) is 0 Å². The number of nitrogens with zero attached hydrogens (tertiary/aromatic N) is 1. The summed E-state index contributed by atoms with van der Waals surface area (Å²) in [5, 5.41) is 20.1. The van der Waals surface area contributed by atoms with Crippen molar-refractivity contribution in [3.8, 4) is 11.5 Å². The molecule has 2 aromatic rings. The number of phenols is 1. The highest BCUT2D eigenvalue weighted by molar-refractivity contribution is 5.75. The zero-order chi connectivity index (χ0) is 19.4. The Bertz CT molecular complexity index is 871. The number of benzene rings is 1. The molecule has 0 unspecified atom stereocenters. The van der Waals surface area contributed by atoms with Crippen molar-refractivity contribution in [1.82, 2.24) is 4.90 Å². The van der Waals surface area contributed by atoms with Gasteiger partial charge in [0, 0.05) is 12.5 Å². The van der Waals surface area contributed by atoms with Crippen molar-refractivity contribution in [2.45, 2.75) is 38.1 Å². The molecular formula is C20H24N2O5. The van der Waals surface area contributed by atoms with E-state index in [4.69, 9.17) is 10.2 Å². The molecule has 1 atom stereocenters. The van der Waals surface area contributed by atoms with Crippen LogP contribution in [0.5, 0.6) is 11.5 Å². The molecule has 0 spiro atoms. The minimum atomic E-state index is -0.761. The largest absolute Gasteiger partial charge is 0.508 e. The summed E-state index contributed by atoms with van der Waals surface area (Å²) in [7, 11) is 0. The first-order valence-electron chi connectivity index (χ1n) is 9.09. The average Bonchev–Trinajstić information content (AvgIpc) is 2.63. The number of primary amides is 1. The molecule has 0 aliphatic carbocycles. The zero-order valence-corrected chi connectivity index (χ0v) is 15.1. The number of rotatable bonds is 6. The monoisotopic (exact) mass is 372 g/mol. The first-order valence-corrected chi connectivity index (χ1v) is 9.09. The predicted octanol–water partition coefficient (Wildman–Crippen LogP) is 2.04. The number of likely N-dealkylation sites (tertiary alicyclic amines) is 1. The summed E-state index contributed by atoms with van der Waals surface area (Å²) in [6.07, 6.45) is 3.23. The van der Waals surface area contributed by atoms with Crippen LogP contribution >= 0.6 is 0 Å². The molecule has 144 valence electrons. The van der Waals surface area contributed by atoms with Gasteiger partial charge in [-0.25, -0.2) is 0 Å². The number of amides is 1. The molecule has 1 aromatic carbocycles. The second kappa shape index (κ2) is 8.26. The third-order valence-electron chi connectivity index (χ3n) is 4.82. The summed E-state index contributed by atoms with van der Waals surface area (Å²) in [6.45, 7) is 2.32. The molecule has 3 rings (SSSR count). The van der Waals surface area contributed by atoms with Gasteiger partial charge < -0.3 is 20.4 Å². The van der Waals surface area contributed by atoms with E-state index in [9.17, 15) is 19.8 Å². The molecule has 1 aliphatic heterocycles. The van der Waals surface area contributed by atoms with Crippen molar-refractivity contribution in [3.63, 3.8) is 0 Å². The van der Waals surface area contributed by atoms with E-state index in [1.54, 1.807) is 12.1 Å². The fourth-order valence-corrected chi connectivity index (χ4v) is 3.51. The molecule has 4 N–H and O–H groups in total. The van der Waals surface area contributed by atoms with Gasteiger partial charge in [0.2, 0.25) is 17.1 Å². The van der Waals surface area contributed by atoms with Gasteiger partial charge in [-0.2, -0.15) is 0 Å². The quantitative estimate of drug-likeness (QED) is 0.714.